The SMILES string of the molecule is C.Cl.Nc1ccc(C(=O)N[C@H]2CCC[C@@H](Nc3ncc(Cl)c(-c4c[nH]c5ccccc45)n3)C2)cc1.Nc1ccc(C(=O)N[C@H]2CCC[C@@H](Nc3ncc(Cl)c(C4=CCc5ccccc54)n3)C2)cc1. The number of para-hydroxylation sites is 1. The van der Waals surface area contributed by atoms with E-state index in [0.29, 0.717) is 50.1 Å². The van der Waals surface area contributed by atoms with Gasteiger partial charge in [-0.3, -0.25) is 9.59 Å². The normalized spacial score (nSPS) is 18.3. The van der Waals surface area contributed by atoms with Crippen LogP contribution in [0.4, 0.5) is 23.3 Å². The third kappa shape index (κ3) is 11.7. The predicted octanol–water partition coefficient (Wildman–Crippen LogP) is 10.9. The van der Waals surface area contributed by atoms with Crippen LogP contribution in [0.1, 0.15) is 96.3 Å². The molecule has 2 amide bonds. The lowest BCUT2D eigenvalue weighted by Crippen LogP contribution is -2.42. The molecule has 3 heterocycles. The Kier molecular flexibility index (Phi) is 16.2. The highest BCUT2D eigenvalue weighted by Gasteiger charge is 2.27. The number of rotatable bonds is 10. The first kappa shape index (κ1) is 49.2. The molecule has 0 spiro atoms. The van der Waals surface area contributed by atoms with Gasteiger partial charge < -0.3 is 37.7 Å². The van der Waals surface area contributed by atoms with Crippen LogP contribution in [-0.4, -0.2) is 60.9 Å². The summed E-state index contributed by atoms with van der Waals surface area (Å²) in [6.07, 6.45) is 15.8. The molecule has 0 radical (unpaired) electrons. The summed E-state index contributed by atoms with van der Waals surface area (Å²) in [5, 5.41) is 15.3. The lowest BCUT2D eigenvalue weighted by Gasteiger charge is -2.30. The molecule has 352 valence electrons. The van der Waals surface area contributed by atoms with Crippen molar-refractivity contribution >= 4 is 87.2 Å². The molecule has 0 saturated heterocycles. The molecule has 9 N–H and O–H groups in total. The van der Waals surface area contributed by atoms with Crippen molar-refractivity contribution < 1.29 is 9.59 Å². The first-order valence-electron chi connectivity index (χ1n) is 22.4. The molecule has 3 aromatic heterocycles. The van der Waals surface area contributed by atoms with Crippen LogP contribution in [0, 0.1) is 0 Å². The molecule has 2 fully saturated rings. The molecular weight excluding hydrogens is 917 g/mol. The summed E-state index contributed by atoms with van der Waals surface area (Å²) in [6, 6.07) is 30.9. The second-order valence-electron chi connectivity index (χ2n) is 17.1. The Morgan fingerprint density at radius 1 is 0.618 bits per heavy atom. The summed E-state index contributed by atoms with van der Waals surface area (Å²) in [5.41, 5.74) is 20.9. The zero-order valence-electron chi connectivity index (χ0n) is 36.6. The van der Waals surface area contributed by atoms with Crippen LogP contribution >= 0.6 is 35.6 Å². The molecule has 3 aliphatic rings. The highest BCUT2D eigenvalue weighted by molar-refractivity contribution is 6.33. The summed E-state index contributed by atoms with van der Waals surface area (Å²) in [5.74, 6) is 0.952. The molecule has 13 nitrogen and oxygen atoms in total. The molecule has 4 aromatic carbocycles. The van der Waals surface area contributed by atoms with Gasteiger partial charge in [0.15, 0.2) is 0 Å². The van der Waals surface area contributed by atoms with Crippen molar-refractivity contribution in [2.75, 3.05) is 22.1 Å². The second-order valence-corrected chi connectivity index (χ2v) is 17.9. The van der Waals surface area contributed by atoms with Gasteiger partial charge in [-0.25, -0.2) is 19.9 Å². The van der Waals surface area contributed by atoms with Gasteiger partial charge in [-0.2, -0.15) is 0 Å². The predicted molar refractivity (Wildman–Crippen MR) is 279 cm³/mol. The Balaban J connectivity index is 0.000000196. The van der Waals surface area contributed by atoms with Crippen molar-refractivity contribution in [3.05, 3.63) is 160 Å². The summed E-state index contributed by atoms with van der Waals surface area (Å²) < 4.78 is 0. The van der Waals surface area contributed by atoms with Crippen molar-refractivity contribution in [2.24, 2.45) is 0 Å². The van der Waals surface area contributed by atoms with Gasteiger partial charge in [0, 0.05) is 74.9 Å². The van der Waals surface area contributed by atoms with E-state index in [0.717, 1.165) is 85.5 Å². The maximum absolute atomic E-state index is 12.6. The molecule has 7 aromatic rings. The molecule has 68 heavy (non-hydrogen) atoms. The molecule has 2 saturated carbocycles. The Bertz CT molecular complexity index is 2890. The van der Waals surface area contributed by atoms with E-state index < -0.39 is 0 Å². The second kappa shape index (κ2) is 22.4. The molecule has 10 rings (SSSR count). The number of hydrogen-bond acceptors (Lipinski definition) is 10. The third-order valence-corrected chi connectivity index (χ3v) is 13.0. The minimum atomic E-state index is -0.0787. The summed E-state index contributed by atoms with van der Waals surface area (Å²) in [4.78, 5) is 46.8. The molecule has 0 aliphatic heterocycles. The number of carbonyl (C=O) groups excluding carboxylic acids is 2. The number of nitrogens with one attached hydrogen (secondary N) is 5. The highest BCUT2D eigenvalue weighted by atomic mass is 35.5. The molecule has 16 heteroatoms. The van der Waals surface area contributed by atoms with Crippen LogP contribution in [0.15, 0.2) is 122 Å². The first-order chi connectivity index (χ1) is 32.1. The van der Waals surface area contributed by atoms with E-state index in [1.54, 1.807) is 60.9 Å². The van der Waals surface area contributed by atoms with Crippen molar-refractivity contribution in [3.8, 4) is 11.3 Å². The van der Waals surface area contributed by atoms with E-state index in [1.165, 1.54) is 11.1 Å². The number of aromatic nitrogens is 5. The van der Waals surface area contributed by atoms with Crippen LogP contribution in [0.25, 0.3) is 27.7 Å². The molecule has 0 bridgehead atoms. The smallest absolute Gasteiger partial charge is 0.251 e. The molecule has 4 atom stereocenters. The van der Waals surface area contributed by atoms with Gasteiger partial charge in [0.25, 0.3) is 11.8 Å². The fraction of sp³-hybridized carbons (Fsp3) is 0.269. The Morgan fingerprint density at radius 3 is 1.71 bits per heavy atom. The Morgan fingerprint density at radius 2 is 1.12 bits per heavy atom. The van der Waals surface area contributed by atoms with Crippen LogP contribution in [0.2, 0.25) is 10.0 Å². The number of nitrogens with zero attached hydrogens (tertiary/aromatic N) is 4. The number of aromatic amines is 1. The number of allylic oxidation sites excluding steroid dienone is 1. The van der Waals surface area contributed by atoms with Crippen LogP contribution in [-0.2, 0) is 6.42 Å². The Hall–Kier alpha value is -6.67. The maximum Gasteiger partial charge on any atom is 0.251 e. The monoisotopic (exact) mass is 971 g/mol. The molecular formula is C52H56Cl3N11O2. The maximum atomic E-state index is 12.6. The van der Waals surface area contributed by atoms with Gasteiger partial charge >= 0.3 is 0 Å². The van der Waals surface area contributed by atoms with Crippen molar-refractivity contribution in [3.63, 3.8) is 0 Å². The van der Waals surface area contributed by atoms with Crippen molar-refractivity contribution in [2.45, 2.75) is 89.4 Å². The fourth-order valence-corrected chi connectivity index (χ4v) is 9.49. The van der Waals surface area contributed by atoms with Crippen molar-refractivity contribution in [1.29, 1.82) is 0 Å². The van der Waals surface area contributed by atoms with Crippen LogP contribution in [0.3, 0.4) is 0 Å². The number of halogens is 3. The van der Waals surface area contributed by atoms with Gasteiger partial charge in [0.1, 0.15) is 0 Å². The van der Waals surface area contributed by atoms with E-state index >= 15 is 0 Å². The molecule has 3 aliphatic carbocycles. The number of nitrogens with two attached hydrogens (primary N) is 2. The van der Waals surface area contributed by atoms with Gasteiger partial charge in [-0.15, -0.1) is 12.4 Å². The fourth-order valence-electron chi connectivity index (χ4n) is 9.10. The van der Waals surface area contributed by atoms with Crippen LogP contribution < -0.4 is 32.7 Å². The Labute approximate surface area is 412 Å². The first-order valence-corrected chi connectivity index (χ1v) is 23.2. The van der Waals surface area contributed by atoms with Gasteiger partial charge in [0.2, 0.25) is 11.9 Å². The number of hydrogen-bond donors (Lipinski definition) is 7. The van der Waals surface area contributed by atoms with E-state index in [9.17, 15) is 9.59 Å². The zero-order valence-corrected chi connectivity index (χ0v) is 39.0. The third-order valence-electron chi connectivity index (χ3n) is 12.5. The topological polar surface area (TPSA) is 202 Å². The number of amides is 2. The van der Waals surface area contributed by atoms with E-state index in [2.05, 4.69) is 60.5 Å². The van der Waals surface area contributed by atoms with E-state index in [-0.39, 0.29) is 55.8 Å². The lowest BCUT2D eigenvalue weighted by molar-refractivity contribution is 0.0917. The number of carbonyl (C=O) groups is 2. The molecule has 0 unspecified atom stereocenters. The lowest BCUT2D eigenvalue weighted by atomic mass is 9.91. The highest BCUT2D eigenvalue weighted by Crippen LogP contribution is 2.36. The van der Waals surface area contributed by atoms with Gasteiger partial charge in [-0.05, 0) is 124 Å². The average Bonchev–Trinajstić information content (AvgIpc) is 3.96. The quantitative estimate of drug-likeness (QED) is 0.0647. The number of fused-ring (bicyclic) bond motifs is 2. The summed E-state index contributed by atoms with van der Waals surface area (Å²) >= 11 is 12.9. The average molecular weight is 973 g/mol. The van der Waals surface area contributed by atoms with Crippen LogP contribution in [0.5, 0.6) is 0 Å². The zero-order chi connectivity index (χ0) is 45.6. The minimum Gasteiger partial charge on any atom is -0.399 e. The number of anilines is 4. The largest absolute Gasteiger partial charge is 0.399 e. The minimum absolute atomic E-state index is 0. The summed E-state index contributed by atoms with van der Waals surface area (Å²) in [6.45, 7) is 0. The van der Waals surface area contributed by atoms with Gasteiger partial charge in [-0.1, -0.05) is 79.2 Å². The van der Waals surface area contributed by atoms with Gasteiger partial charge in [0.05, 0.1) is 33.8 Å². The number of benzene rings is 4. The summed E-state index contributed by atoms with van der Waals surface area (Å²) in [7, 11) is 0. The van der Waals surface area contributed by atoms with E-state index in [1.807, 2.05) is 36.5 Å². The standard InChI is InChI=1S/C26H26ClN5O.C25H25ClN6O.CH4.ClH/c27-23-15-29-26(32-24(23)22-13-10-16-4-1-2-7-21(16)22)31-20-6-3-5-19(14-20)30-25(33)17-8-11-18(28)12-9-17;26-21-14-29-25(32-23(21)20-13-28-22-7-2-1-6-19(20)22)31-18-5-3-4-17(12-18)30-24(33)15-8-10-16(27)11-9-15;;/h1-2,4,7-9,11-13,15,19-20H,3,5-6,10,14,28H2,(H,30,33)(H,29,31,32);1-2,6-11,13-14,17-18,28H,3-5,12,27H2,(H,30,33)(H,29,31,32);1H4;1H/t19-,20+;17-,18+;;/m00../s1. The van der Waals surface area contributed by atoms with Crippen molar-refractivity contribution in [1.82, 2.24) is 35.6 Å². The number of nitrogen functional groups attached to an aromatic ring is 2. The van der Waals surface area contributed by atoms with E-state index in [4.69, 9.17) is 44.6 Å². The number of H-pyrrole nitrogens is 1.